The first-order valence-electron chi connectivity index (χ1n) is 9.82. The van der Waals surface area contributed by atoms with Crippen molar-refractivity contribution in [2.24, 2.45) is 0 Å². The van der Waals surface area contributed by atoms with Crippen LogP contribution in [0.5, 0.6) is 0 Å². The fourth-order valence-electron chi connectivity index (χ4n) is 2.64. The normalized spacial score (nSPS) is 11.7. The van der Waals surface area contributed by atoms with Gasteiger partial charge in [0.15, 0.2) is 6.61 Å². The van der Waals surface area contributed by atoms with Crippen molar-refractivity contribution in [1.29, 1.82) is 0 Å². The van der Waals surface area contributed by atoms with Crippen LogP contribution in [0.15, 0.2) is 53.9 Å². The number of benzene rings is 2. The number of hydrogen-bond donors (Lipinski definition) is 2. The minimum Gasteiger partial charge on any atom is -0.455 e. The van der Waals surface area contributed by atoms with Crippen molar-refractivity contribution >= 4 is 49.5 Å². The molecular formula is C22H23N3O5S2. The van der Waals surface area contributed by atoms with Crippen molar-refractivity contribution in [1.82, 2.24) is 15.0 Å². The van der Waals surface area contributed by atoms with E-state index in [9.17, 15) is 18.0 Å². The molecule has 3 aromatic rings. The Kier molecular flexibility index (Phi) is 8.09. The Bertz CT molecular complexity index is 1180. The molecule has 0 aliphatic rings. The first-order valence-corrected chi connectivity index (χ1v) is 12.2. The van der Waals surface area contributed by atoms with Crippen LogP contribution in [0.3, 0.4) is 0 Å². The predicted octanol–water partition coefficient (Wildman–Crippen LogP) is 2.40. The van der Waals surface area contributed by atoms with Gasteiger partial charge in [-0.05, 0) is 30.7 Å². The van der Waals surface area contributed by atoms with Crippen LogP contribution < -0.4 is 10.0 Å². The number of hydrogen-bond acceptors (Lipinski definition) is 7. The van der Waals surface area contributed by atoms with E-state index in [1.54, 1.807) is 23.5 Å². The number of carbonyl (C=O) groups is 2. The SMILES string of the molecule is Cc1ccc(/C=C/S(=O)(=O)NCC(=O)OCC(=O)NCCc2nc3ccccc3s2)cc1. The maximum Gasteiger partial charge on any atom is 0.321 e. The zero-order chi connectivity index (χ0) is 23.0. The van der Waals surface area contributed by atoms with Gasteiger partial charge in [-0.15, -0.1) is 11.3 Å². The number of amides is 1. The molecule has 0 bridgehead atoms. The monoisotopic (exact) mass is 473 g/mol. The van der Waals surface area contributed by atoms with Crippen LogP contribution in [0.4, 0.5) is 0 Å². The summed E-state index contributed by atoms with van der Waals surface area (Å²) in [6.45, 7) is 1.23. The molecule has 0 saturated heterocycles. The third-order valence-electron chi connectivity index (χ3n) is 4.30. The quantitative estimate of drug-likeness (QED) is 0.437. The number of fused-ring (bicyclic) bond motifs is 1. The van der Waals surface area contributed by atoms with Crippen molar-refractivity contribution in [3.63, 3.8) is 0 Å². The van der Waals surface area contributed by atoms with E-state index >= 15 is 0 Å². The number of para-hydroxylation sites is 1. The standard InChI is InChI=1S/C22H23N3O5S2/c1-16-6-8-17(9-7-16)11-13-32(28,29)24-14-22(27)30-15-20(26)23-12-10-21-25-18-4-2-3-5-19(18)31-21/h2-9,11,13,24H,10,12,14-15H2,1H3,(H,23,26)/b13-11+. The first kappa shape index (κ1) is 23.6. The highest BCUT2D eigenvalue weighted by Gasteiger charge is 2.12. The summed E-state index contributed by atoms with van der Waals surface area (Å²) in [5.41, 5.74) is 2.70. The van der Waals surface area contributed by atoms with Gasteiger partial charge in [0.2, 0.25) is 10.0 Å². The summed E-state index contributed by atoms with van der Waals surface area (Å²) in [7, 11) is -3.82. The molecule has 0 radical (unpaired) electrons. The van der Waals surface area contributed by atoms with E-state index in [0.717, 1.165) is 26.2 Å². The van der Waals surface area contributed by atoms with Crippen molar-refractivity contribution in [2.45, 2.75) is 13.3 Å². The lowest BCUT2D eigenvalue weighted by atomic mass is 10.2. The maximum absolute atomic E-state index is 12.0. The average Bonchev–Trinajstić information content (AvgIpc) is 3.19. The van der Waals surface area contributed by atoms with Gasteiger partial charge in [0, 0.05) is 18.4 Å². The molecule has 3 rings (SSSR count). The number of carbonyl (C=O) groups excluding carboxylic acids is 2. The van der Waals surface area contributed by atoms with E-state index in [-0.39, 0.29) is 0 Å². The second kappa shape index (κ2) is 11.0. The molecule has 32 heavy (non-hydrogen) atoms. The van der Waals surface area contributed by atoms with Crippen molar-refractivity contribution in [3.8, 4) is 0 Å². The van der Waals surface area contributed by atoms with Gasteiger partial charge in [-0.3, -0.25) is 9.59 Å². The molecule has 2 N–H and O–H groups in total. The van der Waals surface area contributed by atoms with Crippen molar-refractivity contribution in [2.75, 3.05) is 19.7 Å². The van der Waals surface area contributed by atoms with Gasteiger partial charge < -0.3 is 10.1 Å². The zero-order valence-electron chi connectivity index (χ0n) is 17.4. The molecule has 8 nitrogen and oxygen atoms in total. The summed E-state index contributed by atoms with van der Waals surface area (Å²) < 4.78 is 31.9. The first-order chi connectivity index (χ1) is 15.3. The van der Waals surface area contributed by atoms with Crippen LogP contribution in [0, 0.1) is 6.92 Å². The number of thiazole rings is 1. The van der Waals surface area contributed by atoms with Crippen LogP contribution in [-0.4, -0.2) is 45.0 Å². The number of aryl methyl sites for hydroxylation is 1. The van der Waals surface area contributed by atoms with Crippen LogP contribution in [0.2, 0.25) is 0 Å². The molecule has 2 aromatic carbocycles. The van der Waals surface area contributed by atoms with Crippen LogP contribution in [-0.2, 0) is 30.8 Å². The summed E-state index contributed by atoms with van der Waals surface area (Å²) in [4.78, 5) is 28.1. The molecule has 10 heteroatoms. The fourth-order valence-corrected chi connectivity index (χ4v) is 4.36. The van der Waals surface area contributed by atoms with Gasteiger partial charge in [-0.1, -0.05) is 42.0 Å². The second-order valence-corrected chi connectivity index (χ2v) is 9.68. The minimum absolute atomic E-state index is 0.354. The highest BCUT2D eigenvalue weighted by atomic mass is 32.2. The lowest BCUT2D eigenvalue weighted by molar-refractivity contribution is -0.147. The van der Waals surface area contributed by atoms with Gasteiger partial charge in [0.05, 0.1) is 15.2 Å². The van der Waals surface area contributed by atoms with Gasteiger partial charge in [-0.25, -0.2) is 18.1 Å². The summed E-state index contributed by atoms with van der Waals surface area (Å²) in [6, 6.07) is 15.1. The molecule has 168 valence electrons. The highest BCUT2D eigenvalue weighted by Crippen LogP contribution is 2.21. The zero-order valence-corrected chi connectivity index (χ0v) is 19.0. The molecule has 0 atom stereocenters. The molecule has 0 fully saturated rings. The van der Waals surface area contributed by atoms with E-state index in [4.69, 9.17) is 4.74 Å². The van der Waals surface area contributed by atoms with Crippen LogP contribution >= 0.6 is 11.3 Å². The van der Waals surface area contributed by atoms with E-state index < -0.39 is 35.1 Å². The number of ether oxygens (including phenoxy) is 1. The third-order valence-corrected chi connectivity index (χ3v) is 6.44. The Morgan fingerprint density at radius 2 is 1.88 bits per heavy atom. The second-order valence-electron chi connectivity index (χ2n) is 6.92. The molecule has 1 aromatic heterocycles. The Balaban J connectivity index is 1.34. The maximum atomic E-state index is 12.0. The number of nitrogens with zero attached hydrogens (tertiary/aromatic N) is 1. The Morgan fingerprint density at radius 3 is 2.62 bits per heavy atom. The molecular weight excluding hydrogens is 450 g/mol. The molecule has 0 aliphatic carbocycles. The largest absolute Gasteiger partial charge is 0.455 e. The van der Waals surface area contributed by atoms with E-state index in [1.807, 2.05) is 43.3 Å². The molecule has 1 amide bonds. The number of aromatic nitrogens is 1. The topological polar surface area (TPSA) is 114 Å². The van der Waals surface area contributed by atoms with Crippen LogP contribution in [0.25, 0.3) is 16.3 Å². The molecule has 0 spiro atoms. The lowest BCUT2D eigenvalue weighted by Crippen LogP contribution is -2.34. The Labute approximate surface area is 190 Å². The Hall–Kier alpha value is -3.08. The smallest absolute Gasteiger partial charge is 0.321 e. The summed E-state index contributed by atoms with van der Waals surface area (Å²) in [5, 5.41) is 4.52. The van der Waals surface area contributed by atoms with Crippen molar-refractivity contribution in [3.05, 3.63) is 70.1 Å². The molecule has 0 aliphatic heterocycles. The van der Waals surface area contributed by atoms with Gasteiger partial charge in [0.25, 0.3) is 5.91 Å². The Morgan fingerprint density at radius 1 is 1.12 bits per heavy atom. The van der Waals surface area contributed by atoms with Gasteiger partial charge in [0.1, 0.15) is 6.54 Å². The van der Waals surface area contributed by atoms with E-state index in [2.05, 4.69) is 15.0 Å². The number of sulfonamides is 1. The van der Waals surface area contributed by atoms with E-state index in [0.29, 0.717) is 18.5 Å². The van der Waals surface area contributed by atoms with Gasteiger partial charge >= 0.3 is 5.97 Å². The fraction of sp³-hybridized carbons (Fsp3) is 0.227. The predicted molar refractivity (Wildman–Crippen MR) is 124 cm³/mol. The third kappa shape index (κ3) is 7.56. The molecule has 0 unspecified atom stereocenters. The summed E-state index contributed by atoms with van der Waals surface area (Å²) in [6.07, 6.45) is 1.98. The van der Waals surface area contributed by atoms with Crippen molar-refractivity contribution < 1.29 is 22.7 Å². The van der Waals surface area contributed by atoms with E-state index in [1.165, 1.54) is 6.08 Å². The number of nitrogens with one attached hydrogen (secondary N) is 2. The molecule has 0 saturated carbocycles. The minimum atomic E-state index is -3.82. The average molecular weight is 474 g/mol. The number of rotatable bonds is 10. The molecule has 1 heterocycles. The summed E-state index contributed by atoms with van der Waals surface area (Å²) in [5.74, 6) is -1.32. The van der Waals surface area contributed by atoms with Gasteiger partial charge in [-0.2, -0.15) is 0 Å². The number of esters is 1. The summed E-state index contributed by atoms with van der Waals surface area (Å²) >= 11 is 1.56. The lowest BCUT2D eigenvalue weighted by Gasteiger charge is -2.06. The van der Waals surface area contributed by atoms with Crippen LogP contribution in [0.1, 0.15) is 16.1 Å². The highest BCUT2D eigenvalue weighted by molar-refractivity contribution is 7.92.